The summed E-state index contributed by atoms with van der Waals surface area (Å²) in [6, 6.07) is 8.69. The molecule has 0 spiro atoms. The SMILES string of the molecule is CCN(CCO)C(c1ccc(C)cc1)C(C)N. The van der Waals surface area contributed by atoms with E-state index >= 15 is 0 Å². The molecular formula is C14H24N2O. The second-order valence-corrected chi connectivity index (χ2v) is 4.57. The van der Waals surface area contributed by atoms with E-state index in [1.54, 1.807) is 0 Å². The number of likely N-dealkylation sites (N-methyl/N-ethyl adjacent to an activating group) is 1. The summed E-state index contributed by atoms with van der Waals surface area (Å²) in [5, 5.41) is 9.11. The van der Waals surface area contributed by atoms with E-state index in [9.17, 15) is 0 Å². The smallest absolute Gasteiger partial charge is 0.0558 e. The standard InChI is InChI=1S/C14H24N2O/c1-4-16(9-10-17)14(12(3)15)13-7-5-11(2)6-8-13/h5-8,12,14,17H,4,9-10,15H2,1-3H3. The minimum atomic E-state index is 0.0456. The summed E-state index contributed by atoms with van der Waals surface area (Å²) in [5.41, 5.74) is 8.57. The zero-order valence-electron chi connectivity index (χ0n) is 11.1. The Hall–Kier alpha value is -0.900. The van der Waals surface area contributed by atoms with Crippen LogP contribution in [0, 0.1) is 6.92 Å². The highest BCUT2D eigenvalue weighted by Crippen LogP contribution is 2.23. The highest BCUT2D eigenvalue weighted by atomic mass is 16.3. The number of aryl methyl sites for hydroxylation is 1. The molecule has 0 heterocycles. The summed E-state index contributed by atoms with van der Waals surface area (Å²) in [6.45, 7) is 7.92. The van der Waals surface area contributed by atoms with Crippen molar-refractivity contribution >= 4 is 0 Å². The van der Waals surface area contributed by atoms with Crippen LogP contribution in [-0.2, 0) is 0 Å². The molecule has 0 aliphatic heterocycles. The molecule has 1 aromatic rings. The van der Waals surface area contributed by atoms with Crippen molar-refractivity contribution in [3.63, 3.8) is 0 Å². The lowest BCUT2D eigenvalue weighted by Gasteiger charge is -2.33. The van der Waals surface area contributed by atoms with Crippen LogP contribution in [0.15, 0.2) is 24.3 Å². The molecule has 96 valence electrons. The van der Waals surface area contributed by atoms with Crippen LogP contribution in [0.1, 0.15) is 31.0 Å². The molecule has 3 N–H and O–H groups in total. The molecule has 0 aromatic heterocycles. The highest BCUT2D eigenvalue weighted by Gasteiger charge is 2.22. The second kappa shape index (κ2) is 6.74. The Bertz CT molecular complexity index is 321. The molecule has 1 aromatic carbocycles. The van der Waals surface area contributed by atoms with Crippen molar-refractivity contribution in [2.75, 3.05) is 19.7 Å². The Labute approximate surface area is 104 Å². The van der Waals surface area contributed by atoms with Crippen LogP contribution < -0.4 is 5.73 Å². The molecule has 2 atom stereocenters. The zero-order valence-corrected chi connectivity index (χ0v) is 11.1. The molecule has 17 heavy (non-hydrogen) atoms. The molecular weight excluding hydrogens is 212 g/mol. The monoisotopic (exact) mass is 236 g/mol. The minimum absolute atomic E-state index is 0.0456. The maximum Gasteiger partial charge on any atom is 0.0558 e. The topological polar surface area (TPSA) is 49.5 Å². The maximum atomic E-state index is 9.11. The fourth-order valence-corrected chi connectivity index (χ4v) is 2.23. The van der Waals surface area contributed by atoms with Gasteiger partial charge < -0.3 is 10.8 Å². The van der Waals surface area contributed by atoms with Gasteiger partial charge in [-0.3, -0.25) is 4.90 Å². The van der Waals surface area contributed by atoms with Crippen LogP contribution in [0.25, 0.3) is 0 Å². The van der Waals surface area contributed by atoms with Gasteiger partial charge >= 0.3 is 0 Å². The van der Waals surface area contributed by atoms with Crippen molar-refractivity contribution in [3.05, 3.63) is 35.4 Å². The number of benzene rings is 1. The van der Waals surface area contributed by atoms with Crippen LogP contribution in [-0.4, -0.2) is 35.7 Å². The Balaban J connectivity index is 2.95. The summed E-state index contributed by atoms with van der Waals surface area (Å²) in [5.74, 6) is 0. The molecule has 0 radical (unpaired) electrons. The number of aliphatic hydroxyl groups excluding tert-OH is 1. The number of hydrogen-bond acceptors (Lipinski definition) is 3. The van der Waals surface area contributed by atoms with E-state index in [0.29, 0.717) is 6.54 Å². The van der Waals surface area contributed by atoms with Crippen molar-refractivity contribution in [1.29, 1.82) is 0 Å². The average molecular weight is 236 g/mol. The fourth-order valence-electron chi connectivity index (χ4n) is 2.23. The maximum absolute atomic E-state index is 9.11. The van der Waals surface area contributed by atoms with Crippen LogP contribution in [0.4, 0.5) is 0 Å². The summed E-state index contributed by atoms with van der Waals surface area (Å²) in [6.07, 6.45) is 0. The van der Waals surface area contributed by atoms with Crippen LogP contribution in [0.2, 0.25) is 0 Å². The average Bonchev–Trinajstić information content (AvgIpc) is 2.30. The van der Waals surface area contributed by atoms with Crippen LogP contribution in [0.3, 0.4) is 0 Å². The van der Waals surface area contributed by atoms with Crippen LogP contribution >= 0.6 is 0 Å². The predicted molar refractivity (Wildman–Crippen MR) is 71.9 cm³/mol. The number of aliphatic hydroxyl groups is 1. The molecule has 0 aliphatic rings. The van der Waals surface area contributed by atoms with E-state index in [-0.39, 0.29) is 18.7 Å². The molecule has 0 bridgehead atoms. The number of hydrogen-bond donors (Lipinski definition) is 2. The van der Waals surface area contributed by atoms with Crippen molar-refractivity contribution in [3.8, 4) is 0 Å². The summed E-state index contributed by atoms with van der Waals surface area (Å²) < 4.78 is 0. The van der Waals surface area contributed by atoms with E-state index in [0.717, 1.165) is 6.54 Å². The third-order valence-electron chi connectivity index (χ3n) is 3.10. The quantitative estimate of drug-likeness (QED) is 0.790. The van der Waals surface area contributed by atoms with Crippen molar-refractivity contribution in [2.45, 2.75) is 32.9 Å². The first-order valence-electron chi connectivity index (χ1n) is 6.27. The van der Waals surface area contributed by atoms with E-state index in [2.05, 4.69) is 43.0 Å². The first-order chi connectivity index (χ1) is 8.10. The summed E-state index contributed by atoms with van der Waals surface area (Å²) >= 11 is 0. The van der Waals surface area contributed by atoms with Gasteiger partial charge in [0.25, 0.3) is 0 Å². The molecule has 0 saturated carbocycles. The highest BCUT2D eigenvalue weighted by molar-refractivity contribution is 5.25. The van der Waals surface area contributed by atoms with E-state index in [1.807, 2.05) is 6.92 Å². The second-order valence-electron chi connectivity index (χ2n) is 4.57. The van der Waals surface area contributed by atoms with Gasteiger partial charge in [-0.25, -0.2) is 0 Å². The van der Waals surface area contributed by atoms with Gasteiger partial charge in [-0.2, -0.15) is 0 Å². The fraction of sp³-hybridized carbons (Fsp3) is 0.571. The number of nitrogens with two attached hydrogens (primary N) is 1. The van der Waals surface area contributed by atoms with Gasteiger partial charge in [0.1, 0.15) is 0 Å². The number of nitrogens with zero attached hydrogens (tertiary/aromatic N) is 1. The lowest BCUT2D eigenvalue weighted by atomic mass is 9.98. The van der Waals surface area contributed by atoms with Gasteiger partial charge in [0, 0.05) is 18.6 Å². The Morgan fingerprint density at radius 3 is 2.29 bits per heavy atom. The summed E-state index contributed by atoms with van der Waals surface area (Å²) in [7, 11) is 0. The number of rotatable bonds is 6. The zero-order chi connectivity index (χ0) is 12.8. The third-order valence-corrected chi connectivity index (χ3v) is 3.10. The van der Waals surface area contributed by atoms with Crippen molar-refractivity contribution in [2.24, 2.45) is 5.73 Å². The first-order valence-corrected chi connectivity index (χ1v) is 6.27. The van der Waals surface area contributed by atoms with E-state index in [4.69, 9.17) is 10.8 Å². The Kier molecular flexibility index (Phi) is 5.62. The molecule has 0 fully saturated rings. The van der Waals surface area contributed by atoms with Gasteiger partial charge in [-0.05, 0) is 26.0 Å². The normalized spacial score (nSPS) is 14.9. The lowest BCUT2D eigenvalue weighted by Crippen LogP contribution is -2.40. The molecule has 2 unspecified atom stereocenters. The lowest BCUT2D eigenvalue weighted by molar-refractivity contribution is 0.143. The molecule has 3 nitrogen and oxygen atoms in total. The van der Waals surface area contributed by atoms with E-state index in [1.165, 1.54) is 11.1 Å². The van der Waals surface area contributed by atoms with Crippen molar-refractivity contribution < 1.29 is 5.11 Å². The predicted octanol–water partition coefficient (Wildman–Crippen LogP) is 1.70. The Morgan fingerprint density at radius 2 is 1.88 bits per heavy atom. The first kappa shape index (κ1) is 14.2. The van der Waals surface area contributed by atoms with Gasteiger partial charge in [-0.1, -0.05) is 36.8 Å². The van der Waals surface area contributed by atoms with Gasteiger partial charge in [0.05, 0.1) is 6.61 Å². The Morgan fingerprint density at radius 1 is 1.29 bits per heavy atom. The summed E-state index contributed by atoms with van der Waals surface area (Å²) in [4.78, 5) is 2.22. The minimum Gasteiger partial charge on any atom is -0.395 e. The van der Waals surface area contributed by atoms with Gasteiger partial charge in [-0.15, -0.1) is 0 Å². The molecule has 0 saturated heterocycles. The van der Waals surface area contributed by atoms with Gasteiger partial charge in [0.2, 0.25) is 0 Å². The van der Waals surface area contributed by atoms with Crippen LogP contribution in [0.5, 0.6) is 0 Å². The third kappa shape index (κ3) is 3.80. The molecule has 0 amide bonds. The van der Waals surface area contributed by atoms with E-state index < -0.39 is 0 Å². The molecule has 1 rings (SSSR count). The largest absolute Gasteiger partial charge is 0.395 e. The van der Waals surface area contributed by atoms with Gasteiger partial charge in [0.15, 0.2) is 0 Å². The molecule has 0 aliphatic carbocycles. The molecule has 3 heteroatoms. The van der Waals surface area contributed by atoms with Crippen molar-refractivity contribution in [1.82, 2.24) is 4.90 Å².